The maximum atomic E-state index is 14.3. The van der Waals surface area contributed by atoms with E-state index in [-0.39, 0.29) is 12.6 Å². The van der Waals surface area contributed by atoms with Crippen molar-refractivity contribution >= 4 is 27.4 Å². The van der Waals surface area contributed by atoms with Crippen LogP contribution < -0.4 is 0 Å². The molecule has 0 spiro atoms. The fraction of sp³-hybridized carbons (Fsp3) is 0.333. The van der Waals surface area contributed by atoms with Crippen LogP contribution >= 0.6 is 15.9 Å². The maximum Gasteiger partial charge on any atom is 0.283 e. The third kappa shape index (κ3) is 3.70. The van der Waals surface area contributed by atoms with E-state index < -0.39 is 29.5 Å². The standard InChI is InChI=1S/C18H17BrF3N3O/c1-10(11-3-5-12(19)6-4-11)9-25(13-7-8-13)18(26)14-15(16(20)21)23-24(2)17(14)22/h3-6,13,16H,1,7-9H2,2H3. The van der Waals surface area contributed by atoms with Gasteiger partial charge in [0.05, 0.1) is 0 Å². The van der Waals surface area contributed by atoms with Gasteiger partial charge < -0.3 is 4.90 Å². The summed E-state index contributed by atoms with van der Waals surface area (Å²) in [4.78, 5) is 14.3. The van der Waals surface area contributed by atoms with Crippen molar-refractivity contribution in [3.05, 3.63) is 58.1 Å². The van der Waals surface area contributed by atoms with E-state index in [1.54, 1.807) is 0 Å². The molecule has 138 valence electrons. The molecule has 1 amide bonds. The van der Waals surface area contributed by atoms with E-state index in [1.807, 2.05) is 24.3 Å². The zero-order valence-corrected chi connectivity index (χ0v) is 15.6. The molecule has 0 aliphatic heterocycles. The molecule has 1 fully saturated rings. The molecule has 1 aliphatic rings. The molecule has 8 heteroatoms. The lowest BCUT2D eigenvalue weighted by Crippen LogP contribution is -2.35. The van der Waals surface area contributed by atoms with Crippen molar-refractivity contribution in [3.63, 3.8) is 0 Å². The largest absolute Gasteiger partial charge is 0.331 e. The molecule has 0 unspecified atom stereocenters. The van der Waals surface area contributed by atoms with E-state index in [0.717, 1.165) is 22.9 Å². The fourth-order valence-electron chi connectivity index (χ4n) is 2.75. The Labute approximate surface area is 157 Å². The van der Waals surface area contributed by atoms with E-state index in [9.17, 15) is 18.0 Å². The smallest absolute Gasteiger partial charge is 0.283 e. The number of aryl methyl sites for hydroxylation is 1. The predicted octanol–water partition coefficient (Wildman–Crippen LogP) is 4.58. The highest BCUT2D eigenvalue weighted by Crippen LogP contribution is 2.33. The Morgan fingerprint density at radius 2 is 2.00 bits per heavy atom. The summed E-state index contributed by atoms with van der Waals surface area (Å²) < 4.78 is 42.2. The number of aromatic nitrogens is 2. The van der Waals surface area contributed by atoms with Crippen LogP contribution in [0, 0.1) is 5.95 Å². The molecule has 0 bridgehead atoms. The Balaban J connectivity index is 1.88. The lowest BCUT2D eigenvalue weighted by atomic mass is 10.1. The van der Waals surface area contributed by atoms with Gasteiger partial charge in [-0.1, -0.05) is 34.6 Å². The minimum Gasteiger partial charge on any atom is -0.331 e. The fourth-order valence-corrected chi connectivity index (χ4v) is 3.02. The number of alkyl halides is 2. The summed E-state index contributed by atoms with van der Waals surface area (Å²) in [6, 6.07) is 7.28. The minimum atomic E-state index is -3.03. The first-order valence-electron chi connectivity index (χ1n) is 8.04. The van der Waals surface area contributed by atoms with Gasteiger partial charge in [0.2, 0.25) is 5.95 Å². The van der Waals surface area contributed by atoms with Crippen molar-refractivity contribution in [2.24, 2.45) is 7.05 Å². The van der Waals surface area contributed by atoms with Crippen LogP contribution in [-0.4, -0.2) is 33.2 Å². The van der Waals surface area contributed by atoms with Gasteiger partial charge in [0, 0.05) is 24.1 Å². The summed E-state index contributed by atoms with van der Waals surface area (Å²) in [5.74, 6) is -1.82. The summed E-state index contributed by atoms with van der Waals surface area (Å²) in [7, 11) is 1.19. The first-order chi connectivity index (χ1) is 12.3. The molecule has 1 aromatic heterocycles. The Morgan fingerprint density at radius 1 is 1.38 bits per heavy atom. The molecule has 0 radical (unpaired) electrons. The van der Waals surface area contributed by atoms with Crippen molar-refractivity contribution in [2.75, 3.05) is 6.54 Å². The van der Waals surface area contributed by atoms with Crippen LogP contribution in [0.25, 0.3) is 5.57 Å². The monoisotopic (exact) mass is 427 g/mol. The first-order valence-corrected chi connectivity index (χ1v) is 8.84. The number of amides is 1. The maximum absolute atomic E-state index is 14.3. The normalized spacial score (nSPS) is 13.9. The minimum absolute atomic E-state index is 0.0974. The molecular formula is C18H17BrF3N3O. The molecule has 26 heavy (non-hydrogen) atoms. The summed E-state index contributed by atoms with van der Waals surface area (Å²) >= 11 is 3.35. The van der Waals surface area contributed by atoms with Gasteiger partial charge in [0.15, 0.2) is 0 Å². The molecule has 2 aromatic rings. The highest BCUT2D eigenvalue weighted by molar-refractivity contribution is 9.10. The average molecular weight is 428 g/mol. The van der Waals surface area contributed by atoms with Crippen LogP contribution in [-0.2, 0) is 7.05 Å². The van der Waals surface area contributed by atoms with Crippen LogP contribution in [0.1, 0.15) is 40.9 Å². The molecule has 0 saturated heterocycles. The van der Waals surface area contributed by atoms with Gasteiger partial charge in [0.25, 0.3) is 12.3 Å². The lowest BCUT2D eigenvalue weighted by molar-refractivity contribution is 0.0747. The molecule has 0 N–H and O–H groups in total. The summed E-state index contributed by atoms with van der Waals surface area (Å²) in [6.07, 6.45) is -1.52. The van der Waals surface area contributed by atoms with E-state index in [0.29, 0.717) is 10.3 Å². The molecule has 1 saturated carbocycles. The van der Waals surface area contributed by atoms with Crippen LogP contribution in [0.4, 0.5) is 13.2 Å². The van der Waals surface area contributed by atoms with E-state index in [2.05, 4.69) is 27.6 Å². The Hall–Kier alpha value is -2.09. The second-order valence-corrected chi connectivity index (χ2v) is 7.17. The van der Waals surface area contributed by atoms with Gasteiger partial charge in [-0.05, 0) is 36.1 Å². The van der Waals surface area contributed by atoms with Crippen LogP contribution in [0.5, 0.6) is 0 Å². The van der Waals surface area contributed by atoms with Gasteiger partial charge in [-0.15, -0.1) is 0 Å². The molecule has 1 aromatic carbocycles. The molecule has 0 atom stereocenters. The highest BCUT2D eigenvalue weighted by atomic mass is 79.9. The lowest BCUT2D eigenvalue weighted by Gasteiger charge is -2.23. The number of benzene rings is 1. The number of rotatable bonds is 6. The van der Waals surface area contributed by atoms with E-state index in [1.165, 1.54) is 11.9 Å². The zero-order chi connectivity index (χ0) is 19.0. The SMILES string of the molecule is C=C(CN(C(=O)c1c(C(F)F)nn(C)c1F)C1CC1)c1ccc(Br)cc1. The average Bonchev–Trinajstić information content (AvgIpc) is 3.39. The topological polar surface area (TPSA) is 38.1 Å². The zero-order valence-electron chi connectivity index (χ0n) is 14.1. The van der Waals surface area contributed by atoms with Crippen molar-refractivity contribution in [1.29, 1.82) is 0 Å². The molecule has 1 heterocycles. The second kappa shape index (κ2) is 7.26. The number of hydrogen-bond acceptors (Lipinski definition) is 2. The Morgan fingerprint density at radius 3 is 2.54 bits per heavy atom. The highest BCUT2D eigenvalue weighted by Gasteiger charge is 2.38. The number of hydrogen-bond donors (Lipinski definition) is 0. The van der Waals surface area contributed by atoms with E-state index >= 15 is 0 Å². The Kier molecular flexibility index (Phi) is 5.22. The quantitative estimate of drug-likeness (QED) is 0.676. The molecular weight excluding hydrogens is 411 g/mol. The molecule has 3 rings (SSSR count). The van der Waals surface area contributed by atoms with Crippen molar-refractivity contribution in [1.82, 2.24) is 14.7 Å². The van der Waals surface area contributed by atoms with Gasteiger partial charge in [-0.3, -0.25) is 4.79 Å². The number of halogens is 4. The summed E-state index contributed by atoms with van der Waals surface area (Å²) in [5.41, 5.74) is 0.000877. The van der Waals surface area contributed by atoms with Crippen LogP contribution in [0.2, 0.25) is 0 Å². The van der Waals surface area contributed by atoms with Crippen LogP contribution in [0.3, 0.4) is 0 Å². The van der Waals surface area contributed by atoms with Crippen molar-refractivity contribution in [3.8, 4) is 0 Å². The number of carbonyl (C=O) groups excluding carboxylic acids is 1. The first kappa shape index (κ1) is 18.7. The van der Waals surface area contributed by atoms with Crippen molar-refractivity contribution in [2.45, 2.75) is 25.3 Å². The van der Waals surface area contributed by atoms with Crippen molar-refractivity contribution < 1.29 is 18.0 Å². The summed E-state index contributed by atoms with van der Waals surface area (Å²) in [6.45, 7) is 4.13. The second-order valence-electron chi connectivity index (χ2n) is 6.25. The third-order valence-corrected chi connectivity index (χ3v) is 4.82. The summed E-state index contributed by atoms with van der Waals surface area (Å²) in [5, 5.41) is 3.46. The third-order valence-electron chi connectivity index (χ3n) is 4.29. The van der Waals surface area contributed by atoms with Gasteiger partial charge >= 0.3 is 0 Å². The Bertz CT molecular complexity index is 844. The van der Waals surface area contributed by atoms with Gasteiger partial charge in [-0.25, -0.2) is 13.5 Å². The molecule has 4 nitrogen and oxygen atoms in total. The van der Waals surface area contributed by atoms with Gasteiger partial charge in [0.1, 0.15) is 11.3 Å². The molecule has 1 aliphatic carbocycles. The number of nitrogens with zero attached hydrogens (tertiary/aromatic N) is 3. The predicted molar refractivity (Wildman–Crippen MR) is 95.4 cm³/mol. The van der Waals surface area contributed by atoms with Crippen LogP contribution in [0.15, 0.2) is 35.3 Å². The number of carbonyl (C=O) groups is 1. The van der Waals surface area contributed by atoms with Gasteiger partial charge in [-0.2, -0.15) is 9.49 Å². The van der Waals surface area contributed by atoms with E-state index in [4.69, 9.17) is 0 Å².